The Morgan fingerprint density at radius 1 is 1.21 bits per heavy atom. The molecule has 1 aromatic rings. The molecule has 3 nitrogen and oxygen atoms in total. The first-order valence-electron chi connectivity index (χ1n) is 8.69. The van der Waals surface area contributed by atoms with E-state index in [1.807, 2.05) is 4.90 Å². The summed E-state index contributed by atoms with van der Waals surface area (Å²) in [7, 11) is 0. The summed E-state index contributed by atoms with van der Waals surface area (Å²) in [4.78, 5) is 26.8. The summed E-state index contributed by atoms with van der Waals surface area (Å²) in [6, 6.07) is 5.02. The van der Waals surface area contributed by atoms with Gasteiger partial charge in [-0.3, -0.25) is 9.59 Å². The number of nitrogens with zero attached hydrogens (tertiary/aromatic N) is 1. The molecule has 1 aliphatic heterocycles. The second kappa shape index (κ2) is 8.87. The summed E-state index contributed by atoms with van der Waals surface area (Å²) >= 11 is 11.9. The van der Waals surface area contributed by atoms with Gasteiger partial charge in [0.15, 0.2) is 5.78 Å². The number of halogens is 2. The number of carbonyl (C=O) groups excluding carboxylic acids is 2. The molecule has 0 radical (unpaired) electrons. The van der Waals surface area contributed by atoms with E-state index < -0.39 is 0 Å². The number of amides is 1. The number of hydrogen-bond acceptors (Lipinski definition) is 2. The molecule has 1 heterocycles. The van der Waals surface area contributed by atoms with Gasteiger partial charge in [-0.05, 0) is 37.0 Å². The van der Waals surface area contributed by atoms with Crippen molar-refractivity contribution in [3.05, 3.63) is 33.8 Å². The lowest BCUT2D eigenvalue weighted by atomic mass is 9.88. The molecule has 1 atom stereocenters. The molecule has 0 bridgehead atoms. The molecule has 0 spiro atoms. The molecular weight excluding hydrogens is 345 g/mol. The van der Waals surface area contributed by atoms with Crippen molar-refractivity contribution in [3.8, 4) is 0 Å². The van der Waals surface area contributed by atoms with Gasteiger partial charge < -0.3 is 4.90 Å². The fourth-order valence-electron chi connectivity index (χ4n) is 3.30. The second-order valence-electron chi connectivity index (χ2n) is 6.75. The molecule has 1 aliphatic rings. The maximum Gasteiger partial charge on any atom is 0.222 e. The topological polar surface area (TPSA) is 37.4 Å². The lowest BCUT2D eigenvalue weighted by Crippen LogP contribution is -2.40. The van der Waals surface area contributed by atoms with E-state index in [1.165, 1.54) is 0 Å². The molecule has 1 fully saturated rings. The third-order valence-electron chi connectivity index (χ3n) is 4.73. The van der Waals surface area contributed by atoms with Gasteiger partial charge in [0.1, 0.15) is 0 Å². The van der Waals surface area contributed by atoms with E-state index in [1.54, 1.807) is 18.2 Å². The summed E-state index contributed by atoms with van der Waals surface area (Å²) in [5.41, 5.74) is 0.603. The van der Waals surface area contributed by atoms with E-state index in [4.69, 9.17) is 23.2 Å². The van der Waals surface area contributed by atoms with Crippen LogP contribution < -0.4 is 0 Å². The fraction of sp³-hybridized carbons (Fsp3) is 0.579. The van der Waals surface area contributed by atoms with Crippen LogP contribution in [0.1, 0.15) is 56.3 Å². The number of benzene rings is 1. The largest absolute Gasteiger partial charge is 0.343 e. The minimum atomic E-state index is -0.0423. The molecule has 1 aromatic carbocycles. The maximum absolute atomic E-state index is 12.6. The number of piperidine rings is 1. The average Bonchev–Trinajstić information content (AvgIpc) is 2.57. The van der Waals surface area contributed by atoms with Crippen LogP contribution in [0.4, 0.5) is 0 Å². The number of ketones is 1. The highest BCUT2D eigenvalue weighted by Crippen LogP contribution is 2.27. The first-order valence-corrected chi connectivity index (χ1v) is 9.45. The zero-order valence-corrected chi connectivity index (χ0v) is 15.9. The Morgan fingerprint density at radius 3 is 2.46 bits per heavy atom. The van der Waals surface area contributed by atoms with Crippen molar-refractivity contribution in [2.24, 2.45) is 11.8 Å². The molecule has 5 heteroatoms. The van der Waals surface area contributed by atoms with Gasteiger partial charge in [-0.2, -0.15) is 0 Å². The van der Waals surface area contributed by atoms with Crippen molar-refractivity contribution < 1.29 is 9.59 Å². The van der Waals surface area contributed by atoms with E-state index >= 15 is 0 Å². The SMILES string of the molecule is CCCC(C)CC(=O)N1CCC(C(=O)c2ccc(Cl)c(Cl)c2)CC1. The first kappa shape index (κ1) is 19.3. The Labute approximate surface area is 154 Å². The molecule has 1 unspecified atom stereocenters. The third kappa shape index (κ3) is 4.97. The van der Waals surface area contributed by atoms with Crippen LogP contribution in [0.2, 0.25) is 10.0 Å². The molecule has 1 amide bonds. The highest BCUT2D eigenvalue weighted by atomic mass is 35.5. The first-order chi connectivity index (χ1) is 11.4. The minimum Gasteiger partial charge on any atom is -0.343 e. The molecule has 0 N–H and O–H groups in total. The molecule has 24 heavy (non-hydrogen) atoms. The highest BCUT2D eigenvalue weighted by molar-refractivity contribution is 6.42. The van der Waals surface area contributed by atoms with Crippen molar-refractivity contribution in [2.75, 3.05) is 13.1 Å². The summed E-state index contributed by atoms with van der Waals surface area (Å²) in [6.45, 7) is 5.59. The number of Topliss-reactive ketones (excluding diaryl/α,β-unsaturated/α-hetero) is 1. The van der Waals surface area contributed by atoms with E-state index in [0.29, 0.717) is 53.9 Å². The Hall–Kier alpha value is -1.06. The normalized spacial score (nSPS) is 16.9. The van der Waals surface area contributed by atoms with Crippen LogP contribution >= 0.6 is 23.2 Å². The van der Waals surface area contributed by atoms with E-state index in [-0.39, 0.29) is 17.6 Å². The number of rotatable bonds is 6. The number of likely N-dealkylation sites (tertiary alicyclic amines) is 1. The van der Waals surface area contributed by atoms with Gasteiger partial charge in [0.2, 0.25) is 5.91 Å². The Kier molecular flexibility index (Phi) is 7.12. The zero-order valence-electron chi connectivity index (χ0n) is 14.4. The van der Waals surface area contributed by atoms with Gasteiger partial charge >= 0.3 is 0 Å². The van der Waals surface area contributed by atoms with Gasteiger partial charge in [-0.15, -0.1) is 0 Å². The molecular formula is C19H25Cl2NO2. The van der Waals surface area contributed by atoms with Crippen molar-refractivity contribution >= 4 is 34.9 Å². The summed E-state index contributed by atoms with van der Waals surface area (Å²) in [5.74, 6) is 0.703. The van der Waals surface area contributed by atoms with Crippen LogP contribution in [0, 0.1) is 11.8 Å². The van der Waals surface area contributed by atoms with Crippen LogP contribution in [-0.4, -0.2) is 29.7 Å². The minimum absolute atomic E-state index is 0.0423. The standard InChI is InChI=1S/C19H25Cl2NO2/c1-3-4-13(2)11-18(23)22-9-7-14(8-10-22)19(24)15-5-6-16(20)17(21)12-15/h5-6,12-14H,3-4,7-11H2,1-2H3. The van der Waals surface area contributed by atoms with Crippen molar-refractivity contribution in [3.63, 3.8) is 0 Å². The van der Waals surface area contributed by atoms with Crippen LogP contribution in [0.25, 0.3) is 0 Å². The predicted octanol–water partition coefficient (Wildman–Crippen LogP) is 5.24. The quantitative estimate of drug-likeness (QED) is 0.642. The predicted molar refractivity (Wildman–Crippen MR) is 98.8 cm³/mol. The van der Waals surface area contributed by atoms with Crippen LogP contribution in [0.3, 0.4) is 0 Å². The van der Waals surface area contributed by atoms with Gasteiger partial charge in [0.05, 0.1) is 10.0 Å². The van der Waals surface area contributed by atoms with Crippen LogP contribution in [0.5, 0.6) is 0 Å². The summed E-state index contributed by atoms with van der Waals surface area (Å²) in [6.07, 6.45) is 4.23. The van der Waals surface area contributed by atoms with Gasteiger partial charge in [0.25, 0.3) is 0 Å². The van der Waals surface area contributed by atoms with Crippen molar-refractivity contribution in [1.29, 1.82) is 0 Å². The lowest BCUT2D eigenvalue weighted by molar-refractivity contribution is -0.133. The Balaban J connectivity index is 1.88. The second-order valence-corrected chi connectivity index (χ2v) is 7.56. The van der Waals surface area contributed by atoms with Gasteiger partial charge in [0, 0.05) is 31.0 Å². The van der Waals surface area contributed by atoms with Crippen LogP contribution in [-0.2, 0) is 4.79 Å². The molecule has 0 aliphatic carbocycles. The molecule has 0 saturated carbocycles. The average molecular weight is 370 g/mol. The van der Waals surface area contributed by atoms with Gasteiger partial charge in [-0.1, -0.05) is 49.9 Å². The smallest absolute Gasteiger partial charge is 0.222 e. The maximum atomic E-state index is 12.6. The summed E-state index contributed by atoms with van der Waals surface area (Å²) < 4.78 is 0. The van der Waals surface area contributed by atoms with E-state index in [2.05, 4.69) is 13.8 Å². The lowest BCUT2D eigenvalue weighted by Gasteiger charge is -2.32. The Bertz CT molecular complexity index is 595. The third-order valence-corrected chi connectivity index (χ3v) is 5.47. The Morgan fingerprint density at radius 2 is 1.88 bits per heavy atom. The highest BCUT2D eigenvalue weighted by Gasteiger charge is 2.28. The monoisotopic (exact) mass is 369 g/mol. The summed E-state index contributed by atoms with van der Waals surface area (Å²) in [5, 5.41) is 0.856. The zero-order chi connectivity index (χ0) is 17.7. The molecule has 0 aromatic heterocycles. The van der Waals surface area contributed by atoms with E-state index in [0.717, 1.165) is 12.8 Å². The van der Waals surface area contributed by atoms with Crippen molar-refractivity contribution in [1.82, 2.24) is 4.90 Å². The number of hydrogen-bond donors (Lipinski definition) is 0. The van der Waals surface area contributed by atoms with E-state index in [9.17, 15) is 9.59 Å². The van der Waals surface area contributed by atoms with Crippen molar-refractivity contribution in [2.45, 2.75) is 46.0 Å². The molecule has 1 saturated heterocycles. The molecule has 2 rings (SSSR count). The van der Waals surface area contributed by atoms with Crippen LogP contribution in [0.15, 0.2) is 18.2 Å². The van der Waals surface area contributed by atoms with Gasteiger partial charge in [-0.25, -0.2) is 0 Å². The number of carbonyl (C=O) groups is 2. The fourth-order valence-corrected chi connectivity index (χ4v) is 3.60. The molecule has 132 valence electrons.